The zero-order valence-electron chi connectivity index (χ0n) is 14.9. The van der Waals surface area contributed by atoms with E-state index in [9.17, 15) is 9.59 Å². The van der Waals surface area contributed by atoms with Gasteiger partial charge in [-0.25, -0.2) is 0 Å². The van der Waals surface area contributed by atoms with Crippen molar-refractivity contribution in [2.45, 2.75) is 12.6 Å². The van der Waals surface area contributed by atoms with Crippen LogP contribution >= 0.6 is 11.3 Å². The van der Waals surface area contributed by atoms with Crippen molar-refractivity contribution >= 4 is 33.9 Å². The predicted molar refractivity (Wildman–Crippen MR) is 108 cm³/mol. The van der Waals surface area contributed by atoms with Crippen molar-refractivity contribution in [2.24, 2.45) is 0 Å². The molecule has 1 saturated heterocycles. The molecule has 0 spiro atoms. The van der Waals surface area contributed by atoms with Crippen LogP contribution in [0, 0.1) is 0 Å². The molecule has 1 aromatic heterocycles. The Morgan fingerprint density at radius 1 is 1.11 bits per heavy atom. The maximum atomic E-state index is 12.8. The van der Waals surface area contributed by atoms with E-state index in [1.807, 2.05) is 29.6 Å². The Bertz CT molecular complexity index is 955. The quantitative estimate of drug-likeness (QED) is 0.733. The van der Waals surface area contributed by atoms with Crippen LogP contribution in [0.5, 0.6) is 0 Å². The number of thiophene rings is 1. The van der Waals surface area contributed by atoms with Gasteiger partial charge in [0.1, 0.15) is 6.04 Å². The fraction of sp³-hybridized carbons (Fsp3) is 0.238. The van der Waals surface area contributed by atoms with Gasteiger partial charge in [0.25, 0.3) is 5.91 Å². The van der Waals surface area contributed by atoms with Crippen LogP contribution in [0.3, 0.4) is 0 Å². The molecule has 2 amide bonds. The number of piperazine rings is 1. The average molecular weight is 379 g/mol. The standard InChI is InChI=1S/C21H21N3O2S/c25-20(23-13-15-7-8-16-4-1-2-5-17(16)12-15)18-14-22-9-10-24(18)21(26)19-6-3-11-27-19/h1-8,11-12,18,22H,9-10,13-14H2,(H,23,25). The molecule has 5 nitrogen and oxygen atoms in total. The van der Waals surface area contributed by atoms with Gasteiger partial charge in [0.05, 0.1) is 4.88 Å². The number of rotatable bonds is 4. The van der Waals surface area contributed by atoms with Crippen molar-refractivity contribution in [3.05, 3.63) is 70.4 Å². The molecule has 138 valence electrons. The van der Waals surface area contributed by atoms with Crippen molar-refractivity contribution in [3.63, 3.8) is 0 Å². The molecule has 0 aliphatic carbocycles. The summed E-state index contributed by atoms with van der Waals surface area (Å²) in [6.07, 6.45) is 0. The molecule has 2 N–H and O–H groups in total. The first-order chi connectivity index (χ1) is 13.2. The Balaban J connectivity index is 1.44. The van der Waals surface area contributed by atoms with Crippen LogP contribution in [-0.4, -0.2) is 42.4 Å². The van der Waals surface area contributed by atoms with Crippen LogP contribution in [0.1, 0.15) is 15.2 Å². The zero-order valence-corrected chi connectivity index (χ0v) is 15.7. The minimum atomic E-state index is -0.492. The lowest BCUT2D eigenvalue weighted by Crippen LogP contribution is -2.59. The van der Waals surface area contributed by atoms with Crippen molar-refractivity contribution in [1.82, 2.24) is 15.5 Å². The molecule has 0 saturated carbocycles. The SMILES string of the molecule is O=C(NCc1ccc2ccccc2c1)C1CNCCN1C(=O)c1cccs1. The van der Waals surface area contributed by atoms with E-state index >= 15 is 0 Å². The first-order valence-electron chi connectivity index (χ1n) is 9.03. The number of hydrogen-bond donors (Lipinski definition) is 2. The summed E-state index contributed by atoms with van der Waals surface area (Å²) in [5.41, 5.74) is 1.04. The lowest BCUT2D eigenvalue weighted by molar-refractivity contribution is -0.126. The number of benzene rings is 2. The van der Waals surface area contributed by atoms with Crippen LogP contribution in [0.2, 0.25) is 0 Å². The molecule has 1 fully saturated rings. The van der Waals surface area contributed by atoms with Gasteiger partial charge in [-0.05, 0) is 33.8 Å². The van der Waals surface area contributed by atoms with E-state index in [-0.39, 0.29) is 11.8 Å². The topological polar surface area (TPSA) is 61.4 Å². The van der Waals surface area contributed by atoms with Gasteiger partial charge >= 0.3 is 0 Å². The molecule has 3 aromatic rings. The fourth-order valence-electron chi connectivity index (χ4n) is 3.38. The first-order valence-corrected chi connectivity index (χ1v) is 9.91. The van der Waals surface area contributed by atoms with Crippen molar-refractivity contribution in [3.8, 4) is 0 Å². The third-order valence-electron chi connectivity index (χ3n) is 4.82. The van der Waals surface area contributed by atoms with Crippen LogP contribution < -0.4 is 10.6 Å². The highest BCUT2D eigenvalue weighted by Gasteiger charge is 2.32. The van der Waals surface area contributed by atoms with E-state index in [0.29, 0.717) is 31.1 Å². The molecule has 27 heavy (non-hydrogen) atoms. The second-order valence-corrected chi connectivity index (χ2v) is 7.54. The summed E-state index contributed by atoms with van der Waals surface area (Å²) in [6.45, 7) is 2.15. The second kappa shape index (κ2) is 7.90. The van der Waals surface area contributed by atoms with E-state index in [1.165, 1.54) is 16.7 Å². The summed E-state index contributed by atoms with van der Waals surface area (Å²) in [4.78, 5) is 27.9. The van der Waals surface area contributed by atoms with Gasteiger partial charge in [0.2, 0.25) is 5.91 Å². The molecule has 1 atom stereocenters. The third-order valence-corrected chi connectivity index (χ3v) is 5.68. The number of fused-ring (bicyclic) bond motifs is 1. The Labute approximate surface area is 162 Å². The van der Waals surface area contributed by atoms with E-state index in [1.54, 1.807) is 11.0 Å². The number of hydrogen-bond acceptors (Lipinski definition) is 4. The fourth-order valence-corrected chi connectivity index (χ4v) is 4.06. The minimum Gasteiger partial charge on any atom is -0.350 e. The van der Waals surface area contributed by atoms with Gasteiger partial charge in [0.15, 0.2) is 0 Å². The maximum absolute atomic E-state index is 12.8. The summed E-state index contributed by atoms with van der Waals surface area (Å²) in [7, 11) is 0. The normalized spacial score (nSPS) is 17.0. The van der Waals surface area contributed by atoms with E-state index in [4.69, 9.17) is 0 Å². The zero-order chi connectivity index (χ0) is 18.6. The second-order valence-electron chi connectivity index (χ2n) is 6.60. The molecule has 2 aromatic carbocycles. The molecule has 1 unspecified atom stereocenters. The first kappa shape index (κ1) is 17.7. The van der Waals surface area contributed by atoms with E-state index in [2.05, 4.69) is 34.9 Å². The van der Waals surface area contributed by atoms with Gasteiger partial charge in [0, 0.05) is 26.2 Å². The molecule has 6 heteroatoms. The predicted octanol–water partition coefficient (Wildman–Crippen LogP) is 2.63. The number of nitrogens with one attached hydrogen (secondary N) is 2. The van der Waals surface area contributed by atoms with E-state index in [0.717, 1.165) is 10.9 Å². The highest BCUT2D eigenvalue weighted by molar-refractivity contribution is 7.12. The van der Waals surface area contributed by atoms with Gasteiger partial charge in [-0.2, -0.15) is 0 Å². The van der Waals surface area contributed by atoms with Gasteiger partial charge in [-0.1, -0.05) is 42.5 Å². The Hall–Kier alpha value is -2.70. The summed E-state index contributed by atoms with van der Waals surface area (Å²) in [6, 6.07) is 17.5. The molecular formula is C21H21N3O2S. The van der Waals surface area contributed by atoms with E-state index < -0.39 is 6.04 Å². The maximum Gasteiger partial charge on any atom is 0.264 e. The monoisotopic (exact) mass is 379 g/mol. The van der Waals surface area contributed by atoms with Gasteiger partial charge < -0.3 is 15.5 Å². The summed E-state index contributed by atoms with van der Waals surface area (Å²) >= 11 is 1.41. The molecule has 4 rings (SSSR count). The largest absolute Gasteiger partial charge is 0.350 e. The van der Waals surface area contributed by atoms with Crippen LogP contribution in [0.15, 0.2) is 60.0 Å². The number of carbonyl (C=O) groups is 2. The van der Waals surface area contributed by atoms with Crippen molar-refractivity contribution in [1.29, 1.82) is 0 Å². The molecule has 1 aliphatic rings. The molecule has 2 heterocycles. The van der Waals surface area contributed by atoms with Crippen molar-refractivity contribution in [2.75, 3.05) is 19.6 Å². The highest BCUT2D eigenvalue weighted by atomic mass is 32.1. The van der Waals surface area contributed by atoms with Gasteiger partial charge in [-0.15, -0.1) is 11.3 Å². The van der Waals surface area contributed by atoms with Crippen molar-refractivity contribution < 1.29 is 9.59 Å². The number of carbonyl (C=O) groups excluding carboxylic acids is 2. The van der Waals surface area contributed by atoms with Gasteiger partial charge in [-0.3, -0.25) is 9.59 Å². The Morgan fingerprint density at radius 3 is 2.78 bits per heavy atom. The summed E-state index contributed by atoms with van der Waals surface area (Å²) in [5.74, 6) is -0.197. The van der Waals surface area contributed by atoms with Crippen LogP contribution in [-0.2, 0) is 11.3 Å². The molecular weight excluding hydrogens is 358 g/mol. The molecule has 0 radical (unpaired) electrons. The Morgan fingerprint density at radius 2 is 1.96 bits per heavy atom. The minimum absolute atomic E-state index is 0.0719. The summed E-state index contributed by atoms with van der Waals surface area (Å²) < 4.78 is 0. The highest BCUT2D eigenvalue weighted by Crippen LogP contribution is 2.17. The molecule has 0 bridgehead atoms. The third kappa shape index (κ3) is 3.86. The Kier molecular flexibility index (Phi) is 5.18. The number of nitrogens with zero attached hydrogens (tertiary/aromatic N) is 1. The average Bonchev–Trinajstić information content (AvgIpc) is 3.26. The van der Waals surface area contributed by atoms with Crippen LogP contribution in [0.4, 0.5) is 0 Å². The lowest BCUT2D eigenvalue weighted by atomic mass is 10.1. The summed E-state index contributed by atoms with van der Waals surface area (Å²) in [5, 5.41) is 10.4. The smallest absolute Gasteiger partial charge is 0.264 e. The molecule has 1 aliphatic heterocycles. The lowest BCUT2D eigenvalue weighted by Gasteiger charge is -2.35. The number of amides is 2. The van der Waals surface area contributed by atoms with Crippen LogP contribution in [0.25, 0.3) is 10.8 Å².